The molecule has 2 aromatic rings. The van der Waals surface area contributed by atoms with Crippen LogP contribution in [0.3, 0.4) is 0 Å². The summed E-state index contributed by atoms with van der Waals surface area (Å²) in [5.74, 6) is -0.0522. The standard InChI is InChI=1S/C13H18N4O/c1-17(2)8-4-7-14-13(18)11-6-3-5-10-9-15-16-12(10)11/h3,5-6,9H,4,7-8H2,1-2H3,(H,14,18)(H,15,16). The van der Waals surface area contributed by atoms with Crippen molar-refractivity contribution >= 4 is 16.8 Å². The Kier molecular flexibility index (Phi) is 3.94. The molecule has 0 radical (unpaired) electrons. The monoisotopic (exact) mass is 246 g/mol. The number of benzene rings is 1. The van der Waals surface area contributed by atoms with E-state index in [0.29, 0.717) is 12.1 Å². The van der Waals surface area contributed by atoms with Gasteiger partial charge in [0.1, 0.15) is 0 Å². The van der Waals surface area contributed by atoms with Crippen molar-refractivity contribution in [3.8, 4) is 0 Å². The third-order valence-electron chi connectivity index (χ3n) is 2.79. The number of nitrogens with zero attached hydrogens (tertiary/aromatic N) is 2. The van der Waals surface area contributed by atoms with Crippen LogP contribution < -0.4 is 5.32 Å². The molecule has 0 aliphatic heterocycles. The van der Waals surface area contributed by atoms with E-state index in [1.54, 1.807) is 6.20 Å². The molecule has 0 aliphatic carbocycles. The summed E-state index contributed by atoms with van der Waals surface area (Å²) in [6.45, 7) is 1.65. The maximum Gasteiger partial charge on any atom is 0.253 e. The van der Waals surface area contributed by atoms with Crippen LogP contribution in [0, 0.1) is 0 Å². The number of carbonyl (C=O) groups is 1. The zero-order valence-electron chi connectivity index (χ0n) is 10.7. The second kappa shape index (κ2) is 5.64. The number of rotatable bonds is 5. The van der Waals surface area contributed by atoms with E-state index in [9.17, 15) is 4.79 Å². The normalized spacial score (nSPS) is 11.1. The Balaban J connectivity index is 1.98. The van der Waals surface area contributed by atoms with Crippen LogP contribution >= 0.6 is 0 Å². The minimum absolute atomic E-state index is 0.0522. The molecule has 18 heavy (non-hydrogen) atoms. The van der Waals surface area contributed by atoms with Crippen LogP contribution in [0.4, 0.5) is 0 Å². The van der Waals surface area contributed by atoms with E-state index in [2.05, 4.69) is 20.4 Å². The van der Waals surface area contributed by atoms with Crippen molar-refractivity contribution in [3.05, 3.63) is 30.0 Å². The minimum atomic E-state index is -0.0522. The number of fused-ring (bicyclic) bond motifs is 1. The maximum atomic E-state index is 12.0. The minimum Gasteiger partial charge on any atom is -0.352 e. The number of nitrogens with one attached hydrogen (secondary N) is 2. The molecule has 0 spiro atoms. The summed E-state index contributed by atoms with van der Waals surface area (Å²) in [7, 11) is 4.04. The molecule has 5 heteroatoms. The quantitative estimate of drug-likeness (QED) is 0.780. The Morgan fingerprint density at radius 2 is 2.28 bits per heavy atom. The van der Waals surface area contributed by atoms with Gasteiger partial charge in [0.05, 0.1) is 17.3 Å². The number of para-hydroxylation sites is 1. The number of carbonyl (C=O) groups excluding carboxylic acids is 1. The molecule has 0 aliphatic rings. The van der Waals surface area contributed by atoms with Crippen LogP contribution in [-0.4, -0.2) is 48.2 Å². The molecule has 0 saturated carbocycles. The van der Waals surface area contributed by atoms with Crippen molar-refractivity contribution in [2.75, 3.05) is 27.2 Å². The lowest BCUT2D eigenvalue weighted by molar-refractivity contribution is 0.0954. The highest BCUT2D eigenvalue weighted by Gasteiger charge is 2.10. The Hall–Kier alpha value is -1.88. The van der Waals surface area contributed by atoms with Gasteiger partial charge in [-0.15, -0.1) is 0 Å². The van der Waals surface area contributed by atoms with Gasteiger partial charge < -0.3 is 10.2 Å². The lowest BCUT2D eigenvalue weighted by atomic mass is 10.1. The van der Waals surface area contributed by atoms with E-state index in [1.165, 1.54) is 0 Å². The van der Waals surface area contributed by atoms with E-state index in [0.717, 1.165) is 23.9 Å². The fourth-order valence-electron chi connectivity index (χ4n) is 1.85. The van der Waals surface area contributed by atoms with E-state index >= 15 is 0 Å². The first-order valence-electron chi connectivity index (χ1n) is 6.03. The second-order valence-electron chi connectivity index (χ2n) is 4.55. The number of hydrogen-bond acceptors (Lipinski definition) is 3. The largest absolute Gasteiger partial charge is 0.352 e. The van der Waals surface area contributed by atoms with E-state index < -0.39 is 0 Å². The van der Waals surface area contributed by atoms with E-state index in [4.69, 9.17) is 0 Å². The number of hydrogen-bond donors (Lipinski definition) is 2. The van der Waals surface area contributed by atoms with Crippen LogP contribution in [0.5, 0.6) is 0 Å². The highest BCUT2D eigenvalue weighted by Crippen LogP contribution is 2.15. The van der Waals surface area contributed by atoms with E-state index in [-0.39, 0.29) is 5.91 Å². The molecule has 1 heterocycles. The fourth-order valence-corrected chi connectivity index (χ4v) is 1.85. The van der Waals surface area contributed by atoms with Crippen LogP contribution in [0.2, 0.25) is 0 Å². The molecule has 1 amide bonds. The molecule has 1 aromatic heterocycles. The molecule has 1 aromatic carbocycles. The second-order valence-corrected chi connectivity index (χ2v) is 4.55. The smallest absolute Gasteiger partial charge is 0.253 e. The third-order valence-corrected chi connectivity index (χ3v) is 2.79. The summed E-state index contributed by atoms with van der Waals surface area (Å²) in [5, 5.41) is 10.7. The van der Waals surface area contributed by atoms with Gasteiger partial charge in [-0.1, -0.05) is 12.1 Å². The van der Waals surface area contributed by atoms with Gasteiger partial charge in [-0.2, -0.15) is 5.10 Å². The highest BCUT2D eigenvalue weighted by molar-refractivity contribution is 6.05. The molecule has 0 bridgehead atoms. The van der Waals surface area contributed by atoms with Gasteiger partial charge in [0.2, 0.25) is 0 Å². The first kappa shape index (κ1) is 12.6. The average molecular weight is 246 g/mol. The molecule has 5 nitrogen and oxygen atoms in total. The van der Waals surface area contributed by atoms with Crippen LogP contribution in [0.25, 0.3) is 10.9 Å². The number of aromatic nitrogens is 2. The molecule has 2 N–H and O–H groups in total. The van der Waals surface area contributed by atoms with E-state index in [1.807, 2.05) is 32.3 Å². The van der Waals surface area contributed by atoms with Crippen LogP contribution in [-0.2, 0) is 0 Å². The Labute approximate surface area is 106 Å². The highest BCUT2D eigenvalue weighted by atomic mass is 16.1. The number of amides is 1. The Morgan fingerprint density at radius 1 is 1.44 bits per heavy atom. The van der Waals surface area contributed by atoms with Crippen molar-refractivity contribution < 1.29 is 4.79 Å². The molecule has 0 fully saturated rings. The van der Waals surface area contributed by atoms with Gasteiger partial charge in [0.25, 0.3) is 5.91 Å². The number of aromatic amines is 1. The lowest BCUT2D eigenvalue weighted by Gasteiger charge is -2.10. The summed E-state index contributed by atoms with van der Waals surface area (Å²) in [6.07, 6.45) is 2.66. The molecule has 0 atom stereocenters. The Bertz CT molecular complexity index is 533. The summed E-state index contributed by atoms with van der Waals surface area (Å²) < 4.78 is 0. The van der Waals surface area contributed by atoms with Crippen molar-refractivity contribution in [2.24, 2.45) is 0 Å². The van der Waals surface area contributed by atoms with Crippen molar-refractivity contribution in [3.63, 3.8) is 0 Å². The van der Waals surface area contributed by atoms with Gasteiger partial charge in [0, 0.05) is 11.9 Å². The summed E-state index contributed by atoms with van der Waals surface area (Å²) >= 11 is 0. The van der Waals surface area contributed by atoms with Gasteiger partial charge in [0.15, 0.2) is 0 Å². The topological polar surface area (TPSA) is 61.0 Å². The maximum absolute atomic E-state index is 12.0. The SMILES string of the molecule is CN(C)CCCNC(=O)c1cccc2cn[nH]c12. The van der Waals surface area contributed by atoms with Gasteiger partial charge in [-0.05, 0) is 33.1 Å². The Morgan fingerprint density at radius 3 is 3.06 bits per heavy atom. The molecule has 0 saturated heterocycles. The van der Waals surface area contributed by atoms with Gasteiger partial charge >= 0.3 is 0 Å². The average Bonchev–Trinajstić information content (AvgIpc) is 2.82. The van der Waals surface area contributed by atoms with Crippen LogP contribution in [0.15, 0.2) is 24.4 Å². The first-order chi connectivity index (χ1) is 8.68. The zero-order valence-corrected chi connectivity index (χ0v) is 10.7. The van der Waals surface area contributed by atoms with Gasteiger partial charge in [-0.25, -0.2) is 0 Å². The lowest BCUT2D eigenvalue weighted by Crippen LogP contribution is -2.27. The van der Waals surface area contributed by atoms with Crippen molar-refractivity contribution in [1.29, 1.82) is 0 Å². The summed E-state index contributed by atoms with van der Waals surface area (Å²) in [4.78, 5) is 14.1. The zero-order chi connectivity index (χ0) is 13.0. The third kappa shape index (κ3) is 2.87. The summed E-state index contributed by atoms with van der Waals surface area (Å²) in [5.41, 5.74) is 1.44. The molecular formula is C13H18N4O. The molecule has 0 unspecified atom stereocenters. The van der Waals surface area contributed by atoms with Crippen LogP contribution in [0.1, 0.15) is 16.8 Å². The predicted octanol–water partition coefficient (Wildman–Crippen LogP) is 1.24. The fraction of sp³-hybridized carbons (Fsp3) is 0.385. The van der Waals surface area contributed by atoms with Gasteiger partial charge in [-0.3, -0.25) is 9.89 Å². The predicted molar refractivity (Wildman–Crippen MR) is 71.6 cm³/mol. The molecule has 96 valence electrons. The van der Waals surface area contributed by atoms with Crippen molar-refractivity contribution in [1.82, 2.24) is 20.4 Å². The molecule has 2 rings (SSSR count). The van der Waals surface area contributed by atoms with Crippen molar-refractivity contribution in [2.45, 2.75) is 6.42 Å². The number of H-pyrrole nitrogens is 1. The molecular weight excluding hydrogens is 228 g/mol. The summed E-state index contributed by atoms with van der Waals surface area (Å²) in [6, 6.07) is 5.61. The first-order valence-corrected chi connectivity index (χ1v) is 6.03.